The van der Waals surface area contributed by atoms with Gasteiger partial charge in [0, 0.05) is 31.9 Å². The summed E-state index contributed by atoms with van der Waals surface area (Å²) in [5.41, 5.74) is 9.84. The number of fused-ring (bicyclic) bond motifs is 3. The standard InChI is InChI=1S/C35H28NO.Ir/c1-3-8-24(9-4-1)26-14-16-27(17-15-26)30-12-7-13-32-31-19-18-29(23-34(31)37-35(30)32)33-22-28(20-21-36-33)25-10-5-2-6-11-25;/h1,3-4,7-9,12-17,19-23,25H,2,5-6,10-11H2;/q-1;. The van der Waals surface area contributed by atoms with Crippen LogP contribution >= 0.6 is 0 Å². The number of furan rings is 1. The average molecular weight is 671 g/mol. The van der Waals surface area contributed by atoms with Crippen LogP contribution in [-0.2, 0) is 20.1 Å². The molecule has 2 heterocycles. The molecule has 2 aromatic heterocycles. The van der Waals surface area contributed by atoms with Gasteiger partial charge in [-0.1, -0.05) is 115 Å². The molecule has 3 heteroatoms. The summed E-state index contributed by atoms with van der Waals surface area (Å²) in [6.45, 7) is 0. The predicted octanol–water partition coefficient (Wildman–Crippen LogP) is 9.83. The molecule has 0 spiro atoms. The van der Waals surface area contributed by atoms with E-state index in [1.165, 1.54) is 48.8 Å². The Labute approximate surface area is 237 Å². The van der Waals surface area contributed by atoms with E-state index in [4.69, 9.17) is 9.40 Å². The number of para-hydroxylation sites is 1. The molecule has 1 fully saturated rings. The second-order valence-electron chi connectivity index (χ2n) is 10.2. The second-order valence-corrected chi connectivity index (χ2v) is 10.2. The molecule has 0 unspecified atom stereocenters. The second kappa shape index (κ2) is 10.7. The molecular formula is C35H28IrNO-. The van der Waals surface area contributed by atoms with Crippen LogP contribution in [0.25, 0.3) is 55.4 Å². The maximum Gasteiger partial charge on any atom is 0.131 e. The van der Waals surface area contributed by atoms with E-state index in [0.717, 1.165) is 44.3 Å². The number of rotatable bonds is 4. The minimum Gasteiger partial charge on any atom is -0.476 e. The number of hydrogen-bond acceptors (Lipinski definition) is 2. The topological polar surface area (TPSA) is 26.0 Å². The third-order valence-corrected chi connectivity index (χ3v) is 7.87. The van der Waals surface area contributed by atoms with E-state index in [-0.39, 0.29) is 20.1 Å². The molecule has 6 aromatic rings. The van der Waals surface area contributed by atoms with Crippen molar-refractivity contribution in [2.45, 2.75) is 38.0 Å². The van der Waals surface area contributed by atoms with Crippen molar-refractivity contribution < 1.29 is 24.5 Å². The molecule has 1 aliphatic rings. The Morgan fingerprint density at radius 1 is 0.711 bits per heavy atom. The quantitative estimate of drug-likeness (QED) is 0.175. The Morgan fingerprint density at radius 2 is 1.47 bits per heavy atom. The van der Waals surface area contributed by atoms with Crippen molar-refractivity contribution in [1.82, 2.24) is 4.98 Å². The van der Waals surface area contributed by atoms with Crippen molar-refractivity contribution in [2.75, 3.05) is 0 Å². The molecule has 0 aliphatic heterocycles. The van der Waals surface area contributed by atoms with E-state index in [1.54, 1.807) is 0 Å². The van der Waals surface area contributed by atoms with Gasteiger partial charge in [0.2, 0.25) is 0 Å². The summed E-state index contributed by atoms with van der Waals surface area (Å²) in [6.07, 6.45) is 8.54. The van der Waals surface area contributed by atoms with Crippen LogP contribution in [-0.4, -0.2) is 4.98 Å². The Hall–Kier alpha value is -3.52. The molecule has 0 saturated heterocycles. The Balaban J connectivity index is 0.00000264. The Kier molecular flexibility index (Phi) is 6.98. The van der Waals surface area contributed by atoms with Crippen LogP contribution in [0.15, 0.2) is 108 Å². The van der Waals surface area contributed by atoms with E-state index >= 15 is 0 Å². The Morgan fingerprint density at radius 3 is 2.29 bits per heavy atom. The number of benzene rings is 4. The molecule has 0 amide bonds. The first-order valence-electron chi connectivity index (χ1n) is 13.3. The first kappa shape index (κ1) is 24.8. The number of hydrogen-bond donors (Lipinski definition) is 0. The zero-order valence-corrected chi connectivity index (χ0v) is 23.5. The fourth-order valence-electron chi connectivity index (χ4n) is 5.87. The predicted molar refractivity (Wildman–Crippen MR) is 152 cm³/mol. The summed E-state index contributed by atoms with van der Waals surface area (Å²) in [5.74, 6) is 0.654. The summed E-state index contributed by atoms with van der Waals surface area (Å²) in [5, 5.41) is 2.20. The van der Waals surface area contributed by atoms with Gasteiger partial charge in [-0.05, 0) is 52.6 Å². The zero-order valence-electron chi connectivity index (χ0n) is 21.1. The smallest absolute Gasteiger partial charge is 0.131 e. The SMILES string of the molecule is [Ir].[c-]1cc2c(cc1-c1cc(C3CCCCC3)ccn1)oc1c(-c3ccc(-c4ccccc4)cc3)cccc12. The van der Waals surface area contributed by atoms with Crippen LogP contribution in [0, 0.1) is 6.07 Å². The average Bonchev–Trinajstić information content (AvgIpc) is 3.36. The van der Waals surface area contributed by atoms with Crippen molar-refractivity contribution in [1.29, 1.82) is 0 Å². The van der Waals surface area contributed by atoms with Crippen LogP contribution in [0.2, 0.25) is 0 Å². The fourth-order valence-corrected chi connectivity index (χ4v) is 5.87. The fraction of sp³-hybridized carbons (Fsp3) is 0.171. The van der Waals surface area contributed by atoms with Gasteiger partial charge in [-0.15, -0.1) is 17.7 Å². The van der Waals surface area contributed by atoms with E-state index in [0.29, 0.717) is 5.92 Å². The normalized spacial score (nSPS) is 14.0. The Bertz CT molecular complexity index is 1700. The van der Waals surface area contributed by atoms with Crippen molar-refractivity contribution in [3.63, 3.8) is 0 Å². The maximum atomic E-state index is 6.51. The summed E-state index contributed by atoms with van der Waals surface area (Å²) >= 11 is 0. The maximum absolute atomic E-state index is 6.51. The molecule has 0 bridgehead atoms. The van der Waals surface area contributed by atoms with Crippen LogP contribution < -0.4 is 0 Å². The number of pyridine rings is 1. The van der Waals surface area contributed by atoms with Gasteiger partial charge in [-0.25, -0.2) is 0 Å². The molecule has 189 valence electrons. The molecule has 1 radical (unpaired) electrons. The molecule has 4 aromatic carbocycles. The van der Waals surface area contributed by atoms with E-state index in [2.05, 4.69) is 97.1 Å². The molecule has 7 rings (SSSR count). The number of nitrogens with zero attached hydrogens (tertiary/aromatic N) is 1. The molecule has 0 N–H and O–H groups in total. The van der Waals surface area contributed by atoms with Gasteiger partial charge in [-0.2, -0.15) is 0 Å². The molecule has 0 atom stereocenters. The minimum atomic E-state index is 0. The summed E-state index contributed by atoms with van der Waals surface area (Å²) in [7, 11) is 0. The summed E-state index contributed by atoms with van der Waals surface area (Å²) in [4.78, 5) is 4.69. The van der Waals surface area contributed by atoms with Gasteiger partial charge in [-0.3, -0.25) is 0 Å². The van der Waals surface area contributed by atoms with Gasteiger partial charge < -0.3 is 9.40 Å². The van der Waals surface area contributed by atoms with Crippen LogP contribution in [0.4, 0.5) is 0 Å². The van der Waals surface area contributed by atoms with Crippen LogP contribution in [0.1, 0.15) is 43.6 Å². The molecule has 2 nitrogen and oxygen atoms in total. The van der Waals surface area contributed by atoms with Crippen LogP contribution in [0.3, 0.4) is 0 Å². The monoisotopic (exact) mass is 671 g/mol. The van der Waals surface area contributed by atoms with Crippen molar-refractivity contribution >= 4 is 21.9 Å². The third kappa shape index (κ3) is 4.62. The third-order valence-electron chi connectivity index (χ3n) is 7.87. The molecule has 1 saturated carbocycles. The summed E-state index contributed by atoms with van der Waals surface area (Å²) < 4.78 is 6.51. The zero-order chi connectivity index (χ0) is 24.6. The van der Waals surface area contributed by atoms with Gasteiger partial charge in [0.25, 0.3) is 0 Å². The number of aromatic nitrogens is 1. The van der Waals surface area contributed by atoms with Crippen molar-refractivity contribution in [3.8, 4) is 33.5 Å². The van der Waals surface area contributed by atoms with Gasteiger partial charge >= 0.3 is 0 Å². The molecule has 1 aliphatic carbocycles. The van der Waals surface area contributed by atoms with Gasteiger partial charge in [0.15, 0.2) is 0 Å². The van der Waals surface area contributed by atoms with Crippen molar-refractivity contribution in [3.05, 3.63) is 115 Å². The largest absolute Gasteiger partial charge is 0.476 e. The molecular weight excluding hydrogens is 643 g/mol. The first-order valence-corrected chi connectivity index (χ1v) is 13.3. The van der Waals surface area contributed by atoms with Gasteiger partial charge in [0.05, 0.1) is 5.58 Å². The van der Waals surface area contributed by atoms with E-state index in [1.807, 2.05) is 12.3 Å². The first-order chi connectivity index (χ1) is 18.3. The van der Waals surface area contributed by atoms with E-state index < -0.39 is 0 Å². The molecule has 38 heavy (non-hydrogen) atoms. The summed E-state index contributed by atoms with van der Waals surface area (Å²) in [6, 6.07) is 37.7. The van der Waals surface area contributed by atoms with E-state index in [9.17, 15) is 0 Å². The van der Waals surface area contributed by atoms with Crippen LogP contribution in [0.5, 0.6) is 0 Å². The van der Waals surface area contributed by atoms with Gasteiger partial charge in [0.1, 0.15) is 5.58 Å². The van der Waals surface area contributed by atoms with Crippen molar-refractivity contribution in [2.24, 2.45) is 0 Å². The minimum absolute atomic E-state index is 0.